The summed E-state index contributed by atoms with van der Waals surface area (Å²) in [5, 5.41) is 4.01. The van der Waals surface area contributed by atoms with Gasteiger partial charge in [-0.1, -0.05) is 66.7 Å². The van der Waals surface area contributed by atoms with E-state index in [-0.39, 0.29) is 0 Å². The fourth-order valence-electron chi connectivity index (χ4n) is 5.73. The minimum absolute atomic E-state index is 0.310. The smallest absolute Gasteiger partial charge is 0.344 e. The van der Waals surface area contributed by atoms with Crippen molar-refractivity contribution in [2.45, 2.75) is 19.3 Å². The number of alkyl halides is 2. The molecule has 0 saturated heterocycles. The molecule has 2 heterocycles. The van der Waals surface area contributed by atoms with E-state index in [2.05, 4.69) is 41.0 Å². The van der Waals surface area contributed by atoms with Crippen LogP contribution in [0.4, 0.5) is 8.78 Å². The van der Waals surface area contributed by atoms with E-state index in [0.29, 0.717) is 21.9 Å². The van der Waals surface area contributed by atoms with E-state index in [1.165, 1.54) is 6.07 Å². The Kier molecular flexibility index (Phi) is 5.17. The first-order chi connectivity index (χ1) is 18.9. The zero-order chi connectivity index (χ0) is 26.7. The molecule has 0 fully saturated rings. The second kappa shape index (κ2) is 8.63. The van der Waals surface area contributed by atoms with Crippen LogP contribution in [0.15, 0.2) is 118 Å². The van der Waals surface area contributed by atoms with Crippen LogP contribution < -0.4 is 5.63 Å². The molecule has 0 atom stereocenters. The standard InChI is InChI=1S/C34H23F2NO2/c1-34(35,36)20-21-14-16-25-26-17-15-22(19-31(26)39-33(38)28(25)18-21)24-11-7-13-30-32(24)27-10-5-6-12-29(27)37(30)23-8-3-2-4-9-23/h2-19H,20H2,1H3. The maximum Gasteiger partial charge on any atom is 0.344 e. The van der Waals surface area contributed by atoms with Crippen molar-refractivity contribution in [1.82, 2.24) is 4.57 Å². The lowest BCUT2D eigenvalue weighted by Gasteiger charge is -2.11. The molecule has 0 spiro atoms. The fraction of sp³-hybridized carbons (Fsp3) is 0.0882. The first kappa shape index (κ1) is 23.4. The molecule has 0 aliphatic heterocycles. The molecule has 3 nitrogen and oxygen atoms in total. The summed E-state index contributed by atoms with van der Waals surface area (Å²) < 4.78 is 35.2. The molecular weight excluding hydrogens is 492 g/mol. The zero-order valence-corrected chi connectivity index (χ0v) is 21.1. The highest BCUT2D eigenvalue weighted by Crippen LogP contribution is 2.39. The lowest BCUT2D eigenvalue weighted by atomic mass is 9.97. The summed E-state index contributed by atoms with van der Waals surface area (Å²) in [5.41, 5.74) is 5.56. The van der Waals surface area contributed by atoms with Crippen molar-refractivity contribution in [2.24, 2.45) is 0 Å². The molecule has 190 valence electrons. The van der Waals surface area contributed by atoms with E-state index >= 15 is 0 Å². The van der Waals surface area contributed by atoms with Crippen LogP contribution >= 0.6 is 0 Å². The van der Waals surface area contributed by atoms with Gasteiger partial charge in [0.1, 0.15) is 5.58 Å². The minimum atomic E-state index is -2.86. The highest BCUT2D eigenvalue weighted by molar-refractivity contribution is 6.16. The van der Waals surface area contributed by atoms with Gasteiger partial charge in [-0.3, -0.25) is 0 Å². The largest absolute Gasteiger partial charge is 0.422 e. The second-order valence-corrected chi connectivity index (χ2v) is 10.1. The molecular formula is C34H23F2NO2. The van der Waals surface area contributed by atoms with Crippen LogP contribution in [0.3, 0.4) is 0 Å². The SMILES string of the molecule is CC(F)(F)Cc1ccc2c(c1)c(=O)oc1cc(-c3cccc4c3c3ccccc3n4-c3ccccc3)ccc12. The van der Waals surface area contributed by atoms with Crippen LogP contribution in [-0.2, 0) is 6.42 Å². The number of hydrogen-bond acceptors (Lipinski definition) is 2. The number of nitrogens with zero attached hydrogens (tertiary/aromatic N) is 1. The molecule has 5 heteroatoms. The van der Waals surface area contributed by atoms with Crippen molar-refractivity contribution in [3.05, 3.63) is 125 Å². The Bertz CT molecular complexity index is 2100. The molecule has 39 heavy (non-hydrogen) atoms. The third kappa shape index (κ3) is 3.89. The summed E-state index contributed by atoms with van der Waals surface area (Å²) in [6.07, 6.45) is -0.431. The Labute approximate surface area is 222 Å². The van der Waals surface area contributed by atoms with E-state index in [1.54, 1.807) is 12.1 Å². The summed E-state index contributed by atoms with van der Waals surface area (Å²) >= 11 is 0. The Morgan fingerprint density at radius 1 is 0.718 bits per heavy atom. The predicted octanol–water partition coefficient (Wildman–Crippen LogP) is 8.91. The van der Waals surface area contributed by atoms with Crippen molar-refractivity contribution in [3.8, 4) is 16.8 Å². The van der Waals surface area contributed by atoms with Gasteiger partial charge in [-0.2, -0.15) is 0 Å². The molecule has 0 bridgehead atoms. The Hall–Kier alpha value is -4.77. The van der Waals surface area contributed by atoms with Crippen LogP contribution in [0.1, 0.15) is 12.5 Å². The van der Waals surface area contributed by atoms with Crippen molar-refractivity contribution < 1.29 is 13.2 Å². The van der Waals surface area contributed by atoms with Crippen LogP contribution in [0.25, 0.3) is 60.4 Å². The average molecular weight is 516 g/mol. The van der Waals surface area contributed by atoms with Crippen LogP contribution in [-0.4, -0.2) is 10.5 Å². The monoisotopic (exact) mass is 515 g/mol. The lowest BCUT2D eigenvalue weighted by molar-refractivity contribution is 0.0226. The second-order valence-electron chi connectivity index (χ2n) is 10.1. The number of halogens is 2. The van der Waals surface area contributed by atoms with Gasteiger partial charge in [0.05, 0.1) is 16.4 Å². The molecule has 0 aliphatic rings. The topological polar surface area (TPSA) is 35.1 Å². The lowest BCUT2D eigenvalue weighted by Crippen LogP contribution is -2.13. The van der Waals surface area contributed by atoms with E-state index < -0.39 is 18.0 Å². The van der Waals surface area contributed by atoms with Crippen molar-refractivity contribution in [3.63, 3.8) is 0 Å². The van der Waals surface area contributed by atoms with Gasteiger partial charge in [0.25, 0.3) is 0 Å². The molecule has 7 rings (SSSR count). The van der Waals surface area contributed by atoms with E-state index in [9.17, 15) is 13.6 Å². The van der Waals surface area contributed by atoms with Gasteiger partial charge >= 0.3 is 5.63 Å². The number of fused-ring (bicyclic) bond motifs is 6. The van der Waals surface area contributed by atoms with Gasteiger partial charge in [-0.25, -0.2) is 13.6 Å². The first-order valence-corrected chi connectivity index (χ1v) is 12.8. The molecule has 0 amide bonds. The third-order valence-electron chi connectivity index (χ3n) is 7.32. The summed E-state index contributed by atoms with van der Waals surface area (Å²) in [4.78, 5) is 12.9. The number of para-hydroxylation sites is 2. The van der Waals surface area contributed by atoms with Gasteiger partial charge in [0.2, 0.25) is 5.92 Å². The van der Waals surface area contributed by atoms with Crippen molar-refractivity contribution in [1.29, 1.82) is 0 Å². The van der Waals surface area contributed by atoms with Crippen LogP contribution in [0.2, 0.25) is 0 Å². The van der Waals surface area contributed by atoms with Gasteiger partial charge in [0, 0.05) is 28.3 Å². The summed E-state index contributed by atoms with van der Waals surface area (Å²) in [6, 6.07) is 35.7. The van der Waals surface area contributed by atoms with Gasteiger partial charge in [-0.05, 0) is 71.5 Å². The van der Waals surface area contributed by atoms with E-state index in [4.69, 9.17) is 4.42 Å². The highest BCUT2D eigenvalue weighted by Gasteiger charge is 2.22. The molecule has 0 unspecified atom stereocenters. The Balaban J connectivity index is 1.45. The predicted molar refractivity (Wildman–Crippen MR) is 154 cm³/mol. The molecule has 0 saturated carbocycles. The maximum atomic E-state index is 13.6. The number of hydrogen-bond donors (Lipinski definition) is 0. The van der Waals surface area contributed by atoms with E-state index in [1.807, 2.05) is 54.6 Å². The summed E-state index contributed by atoms with van der Waals surface area (Å²) in [7, 11) is 0. The van der Waals surface area contributed by atoms with Crippen LogP contribution in [0.5, 0.6) is 0 Å². The molecule has 2 aromatic heterocycles. The molecule has 0 radical (unpaired) electrons. The zero-order valence-electron chi connectivity index (χ0n) is 21.1. The number of rotatable bonds is 4. The van der Waals surface area contributed by atoms with Gasteiger partial charge in [-0.15, -0.1) is 0 Å². The fourth-order valence-corrected chi connectivity index (χ4v) is 5.73. The van der Waals surface area contributed by atoms with E-state index in [0.717, 1.165) is 50.9 Å². The van der Waals surface area contributed by atoms with Crippen molar-refractivity contribution >= 4 is 43.5 Å². The number of benzene rings is 5. The molecule has 7 aromatic rings. The van der Waals surface area contributed by atoms with Crippen molar-refractivity contribution in [2.75, 3.05) is 0 Å². The minimum Gasteiger partial charge on any atom is -0.422 e. The summed E-state index contributed by atoms with van der Waals surface area (Å²) in [5.74, 6) is -2.86. The quantitative estimate of drug-likeness (QED) is 0.173. The molecule has 0 N–H and O–H groups in total. The third-order valence-corrected chi connectivity index (χ3v) is 7.32. The Morgan fingerprint density at radius 3 is 2.28 bits per heavy atom. The normalized spacial score (nSPS) is 12.2. The first-order valence-electron chi connectivity index (χ1n) is 12.8. The van der Waals surface area contributed by atoms with Gasteiger partial charge < -0.3 is 8.98 Å². The summed E-state index contributed by atoms with van der Waals surface area (Å²) in [6.45, 7) is 0.874. The highest BCUT2D eigenvalue weighted by atomic mass is 19.3. The average Bonchev–Trinajstić information content (AvgIpc) is 3.27. The molecule has 0 aliphatic carbocycles. The Morgan fingerprint density at radius 2 is 1.46 bits per heavy atom. The van der Waals surface area contributed by atoms with Gasteiger partial charge in [0.15, 0.2) is 0 Å². The molecule has 5 aromatic carbocycles. The van der Waals surface area contributed by atoms with Crippen LogP contribution in [0, 0.1) is 0 Å². The number of aromatic nitrogens is 1. The maximum absolute atomic E-state index is 13.6.